The van der Waals surface area contributed by atoms with Gasteiger partial charge < -0.3 is 20.1 Å². The minimum absolute atomic E-state index is 0.00141. The summed E-state index contributed by atoms with van der Waals surface area (Å²) in [6.45, 7) is -0.525. The molecular weight excluding hydrogens is 479 g/mol. The van der Waals surface area contributed by atoms with E-state index in [1.165, 1.54) is 17.5 Å². The van der Waals surface area contributed by atoms with Crippen LogP contribution < -0.4 is 0 Å². The van der Waals surface area contributed by atoms with Crippen LogP contribution in [0.25, 0.3) is 11.3 Å². The maximum absolute atomic E-state index is 13.6. The van der Waals surface area contributed by atoms with E-state index < -0.39 is 53.8 Å². The number of halogens is 4. The van der Waals surface area contributed by atoms with Gasteiger partial charge in [-0.3, -0.25) is 0 Å². The summed E-state index contributed by atoms with van der Waals surface area (Å²) in [5.41, 5.74) is -0.955. The molecule has 3 heterocycles. The van der Waals surface area contributed by atoms with Gasteiger partial charge in [0.25, 0.3) is 0 Å². The fourth-order valence-corrected chi connectivity index (χ4v) is 5.64. The minimum atomic E-state index is -1.61. The van der Waals surface area contributed by atoms with Gasteiger partial charge in [0.15, 0.2) is 17.5 Å². The Morgan fingerprint density at radius 3 is 2.48 bits per heavy atom. The van der Waals surface area contributed by atoms with Gasteiger partial charge in [-0.05, 0) is 18.2 Å². The molecule has 2 aromatic heterocycles. The van der Waals surface area contributed by atoms with Gasteiger partial charge in [0.1, 0.15) is 35.5 Å². The Kier molecular flexibility index (Phi) is 6.58. The molecule has 2 unspecified atom stereocenters. The van der Waals surface area contributed by atoms with Gasteiger partial charge in [-0.1, -0.05) is 28.6 Å². The van der Waals surface area contributed by atoms with E-state index in [1.807, 2.05) is 0 Å². The lowest BCUT2D eigenvalue weighted by molar-refractivity contribution is -0.178. The summed E-state index contributed by atoms with van der Waals surface area (Å²) in [6.07, 6.45) is -2.43. The first-order chi connectivity index (χ1) is 14.8. The molecule has 3 N–H and O–H groups in total. The van der Waals surface area contributed by atoms with Crippen molar-refractivity contribution >= 4 is 34.7 Å². The van der Waals surface area contributed by atoms with Crippen LogP contribution in [0.1, 0.15) is 6.04 Å². The molecule has 0 spiro atoms. The molecule has 1 aliphatic rings. The smallest absolute Gasteiger partial charge is 0.194 e. The number of hydrogen-bond acceptors (Lipinski definition) is 8. The molecule has 7 nitrogen and oxygen atoms in total. The first-order valence-electron chi connectivity index (χ1n) is 8.88. The molecule has 1 fully saturated rings. The second kappa shape index (κ2) is 9.06. The van der Waals surface area contributed by atoms with Gasteiger partial charge in [0, 0.05) is 10.9 Å². The molecule has 0 aliphatic carbocycles. The SMILES string of the molecule is OCC1O[C@H](Sc2cc(Cl)cs2)[C@@H](O)C(n2cc(-c3cc(F)c(F)c(F)c3)nn2)[C@H]1O. The van der Waals surface area contributed by atoms with Crippen LogP contribution in [-0.2, 0) is 4.74 Å². The number of nitrogens with zero attached hydrogens (tertiary/aromatic N) is 3. The standard InChI is InChI=1S/C18H15ClF3N3O4S2/c19-8-3-13(30-6-8)31-18-17(28)15(16(27)12(5-26)29-18)25-4-11(23-24-25)7-1-9(20)14(22)10(21)2-7/h1-4,6,12,15-18,26-28H,5H2/t12?,15?,16-,17-,18+/m0/s1. The summed E-state index contributed by atoms with van der Waals surface area (Å²) in [4.78, 5) is 0. The number of ether oxygens (including phenoxy) is 1. The van der Waals surface area contributed by atoms with Crippen LogP contribution in [0.3, 0.4) is 0 Å². The van der Waals surface area contributed by atoms with Crippen molar-refractivity contribution in [2.75, 3.05) is 6.61 Å². The molecule has 0 radical (unpaired) electrons. The van der Waals surface area contributed by atoms with Crippen molar-refractivity contribution < 1.29 is 33.2 Å². The third-order valence-electron chi connectivity index (χ3n) is 4.72. The van der Waals surface area contributed by atoms with E-state index in [0.717, 1.165) is 32.8 Å². The molecule has 5 atom stereocenters. The highest BCUT2D eigenvalue weighted by atomic mass is 35.5. The van der Waals surface area contributed by atoms with Crippen molar-refractivity contribution in [3.8, 4) is 11.3 Å². The fraction of sp³-hybridized carbons (Fsp3) is 0.333. The Labute approximate surface area is 187 Å². The van der Waals surface area contributed by atoms with E-state index in [2.05, 4.69) is 10.3 Å². The minimum Gasteiger partial charge on any atom is -0.394 e. The molecule has 0 saturated carbocycles. The molecule has 1 aromatic carbocycles. The number of aromatic nitrogens is 3. The zero-order valence-corrected chi connectivity index (χ0v) is 17.8. The molecule has 31 heavy (non-hydrogen) atoms. The van der Waals surface area contributed by atoms with Crippen LogP contribution in [-0.4, -0.2) is 60.7 Å². The second-order valence-corrected chi connectivity index (χ2v) is 9.48. The van der Waals surface area contributed by atoms with Crippen molar-refractivity contribution in [3.05, 3.63) is 52.3 Å². The summed E-state index contributed by atoms with van der Waals surface area (Å²) in [6, 6.07) is 2.13. The Hall–Kier alpha value is -1.67. The summed E-state index contributed by atoms with van der Waals surface area (Å²) in [7, 11) is 0. The van der Waals surface area contributed by atoms with E-state index in [4.69, 9.17) is 16.3 Å². The van der Waals surface area contributed by atoms with Crippen LogP contribution in [0, 0.1) is 17.5 Å². The second-order valence-electron chi connectivity index (χ2n) is 6.74. The van der Waals surface area contributed by atoms with E-state index >= 15 is 0 Å². The molecule has 4 rings (SSSR count). The third kappa shape index (κ3) is 4.46. The molecule has 0 amide bonds. The molecule has 1 aliphatic heterocycles. The number of thiophene rings is 1. The highest BCUT2D eigenvalue weighted by Gasteiger charge is 2.46. The van der Waals surface area contributed by atoms with Crippen molar-refractivity contribution in [2.45, 2.75) is 34.0 Å². The van der Waals surface area contributed by atoms with Gasteiger partial charge in [0.05, 0.1) is 22.0 Å². The Bertz CT molecular complexity index is 1060. The molecule has 3 aromatic rings. The van der Waals surface area contributed by atoms with Crippen molar-refractivity contribution in [1.82, 2.24) is 15.0 Å². The quantitative estimate of drug-likeness (QED) is 0.470. The Balaban J connectivity index is 1.63. The largest absolute Gasteiger partial charge is 0.394 e. The third-order valence-corrected chi connectivity index (χ3v) is 7.34. The van der Waals surface area contributed by atoms with E-state index in [0.29, 0.717) is 5.02 Å². The van der Waals surface area contributed by atoms with Gasteiger partial charge in [-0.15, -0.1) is 16.4 Å². The highest BCUT2D eigenvalue weighted by molar-refractivity contribution is 8.01. The molecular formula is C18H15ClF3N3O4S2. The van der Waals surface area contributed by atoms with Gasteiger partial charge in [-0.25, -0.2) is 17.9 Å². The van der Waals surface area contributed by atoms with Crippen LogP contribution in [0.2, 0.25) is 5.02 Å². The maximum Gasteiger partial charge on any atom is 0.194 e. The summed E-state index contributed by atoms with van der Waals surface area (Å²) in [5, 5.41) is 41.0. The van der Waals surface area contributed by atoms with Gasteiger partial charge in [-0.2, -0.15) is 0 Å². The number of aliphatic hydroxyl groups is 3. The number of thioether (sulfide) groups is 1. The first kappa shape index (κ1) is 22.5. The Morgan fingerprint density at radius 2 is 1.87 bits per heavy atom. The van der Waals surface area contributed by atoms with Crippen molar-refractivity contribution in [2.24, 2.45) is 0 Å². The normalized spacial score (nSPS) is 26.4. The number of aliphatic hydroxyl groups excluding tert-OH is 3. The number of rotatable bonds is 5. The molecule has 13 heteroatoms. The summed E-state index contributed by atoms with van der Waals surface area (Å²) < 4.78 is 47.9. The van der Waals surface area contributed by atoms with Gasteiger partial charge in [0.2, 0.25) is 0 Å². The van der Waals surface area contributed by atoms with E-state index in [-0.39, 0.29) is 11.3 Å². The lowest BCUT2D eigenvalue weighted by Gasteiger charge is -2.41. The van der Waals surface area contributed by atoms with Gasteiger partial charge >= 0.3 is 0 Å². The Morgan fingerprint density at radius 1 is 1.16 bits per heavy atom. The first-order valence-corrected chi connectivity index (χ1v) is 11.0. The van der Waals surface area contributed by atoms with Crippen LogP contribution in [0.15, 0.2) is 34.0 Å². The zero-order chi connectivity index (χ0) is 22.3. The van der Waals surface area contributed by atoms with Crippen LogP contribution >= 0.6 is 34.7 Å². The lowest BCUT2D eigenvalue weighted by atomic mass is 9.97. The molecule has 1 saturated heterocycles. The van der Waals surface area contributed by atoms with Crippen molar-refractivity contribution in [1.29, 1.82) is 0 Å². The summed E-state index contributed by atoms with van der Waals surface area (Å²) in [5.74, 6) is -4.38. The van der Waals surface area contributed by atoms with E-state index in [9.17, 15) is 28.5 Å². The van der Waals surface area contributed by atoms with Crippen molar-refractivity contribution in [3.63, 3.8) is 0 Å². The summed E-state index contributed by atoms with van der Waals surface area (Å²) >= 11 is 8.42. The average molecular weight is 494 g/mol. The molecule has 166 valence electrons. The van der Waals surface area contributed by atoms with Crippen LogP contribution in [0.5, 0.6) is 0 Å². The van der Waals surface area contributed by atoms with Crippen LogP contribution in [0.4, 0.5) is 13.2 Å². The topological polar surface area (TPSA) is 101 Å². The lowest BCUT2D eigenvalue weighted by Crippen LogP contribution is -2.55. The predicted octanol–water partition coefficient (Wildman–Crippen LogP) is 2.85. The number of hydrogen-bond donors (Lipinski definition) is 3. The van der Waals surface area contributed by atoms with E-state index in [1.54, 1.807) is 11.4 Å². The average Bonchev–Trinajstić information content (AvgIpc) is 3.37. The molecule has 0 bridgehead atoms. The highest BCUT2D eigenvalue weighted by Crippen LogP contribution is 2.40. The maximum atomic E-state index is 13.6. The monoisotopic (exact) mass is 493 g/mol. The number of benzene rings is 1. The fourth-order valence-electron chi connectivity index (χ4n) is 3.21. The zero-order valence-electron chi connectivity index (χ0n) is 15.4. The predicted molar refractivity (Wildman–Crippen MR) is 107 cm³/mol.